The second kappa shape index (κ2) is 13.8. The summed E-state index contributed by atoms with van der Waals surface area (Å²) in [7, 11) is 3.64. The van der Waals surface area contributed by atoms with Gasteiger partial charge in [0.25, 0.3) is 0 Å². The summed E-state index contributed by atoms with van der Waals surface area (Å²) in [6, 6.07) is 17.6. The number of para-hydroxylation sites is 2. The highest BCUT2D eigenvalue weighted by Gasteiger charge is 2.28. The lowest BCUT2D eigenvalue weighted by atomic mass is 10.0. The Bertz CT molecular complexity index is 787. The average molecular weight is 499 g/mol. The molecule has 2 aromatic carbocycles. The summed E-state index contributed by atoms with van der Waals surface area (Å²) in [6.45, 7) is 0. The van der Waals surface area contributed by atoms with Crippen LogP contribution in [0, 0.1) is 0 Å². The molecule has 0 N–H and O–H groups in total. The third-order valence-electron chi connectivity index (χ3n) is 7.99. The highest BCUT2D eigenvalue weighted by atomic mass is 31.1. The van der Waals surface area contributed by atoms with E-state index in [4.69, 9.17) is 9.47 Å². The summed E-state index contributed by atoms with van der Waals surface area (Å²) < 4.78 is 11.5. The van der Waals surface area contributed by atoms with Crippen LogP contribution >= 0.6 is 15.8 Å². The largest absolute Gasteiger partial charge is 0.496 e. The molecule has 2 unspecified atom stereocenters. The number of benzene rings is 2. The molecule has 2 fully saturated rings. The second-order valence-electron chi connectivity index (χ2n) is 10.1. The van der Waals surface area contributed by atoms with Gasteiger partial charge in [0.15, 0.2) is 0 Å². The molecule has 34 heavy (non-hydrogen) atoms. The van der Waals surface area contributed by atoms with Gasteiger partial charge in [-0.2, -0.15) is 0 Å². The maximum atomic E-state index is 5.76. The van der Waals surface area contributed by atoms with E-state index in [0.717, 1.165) is 22.8 Å². The Hall–Kier alpha value is -1.10. The first kappa shape index (κ1) is 26.0. The van der Waals surface area contributed by atoms with E-state index in [0.29, 0.717) is 0 Å². The molecule has 2 aliphatic carbocycles. The van der Waals surface area contributed by atoms with Crippen LogP contribution < -0.4 is 9.47 Å². The summed E-state index contributed by atoms with van der Waals surface area (Å²) >= 11 is 0. The van der Waals surface area contributed by atoms with E-state index in [1.807, 2.05) is 14.2 Å². The van der Waals surface area contributed by atoms with E-state index in [9.17, 15) is 0 Å². The predicted molar refractivity (Wildman–Crippen MR) is 151 cm³/mol. The third kappa shape index (κ3) is 7.21. The quantitative estimate of drug-likeness (QED) is 0.288. The van der Waals surface area contributed by atoms with Crippen molar-refractivity contribution in [3.63, 3.8) is 0 Å². The van der Waals surface area contributed by atoms with Crippen LogP contribution in [0.1, 0.15) is 75.3 Å². The van der Waals surface area contributed by atoms with Crippen molar-refractivity contribution in [2.45, 2.75) is 87.9 Å². The van der Waals surface area contributed by atoms with Crippen molar-refractivity contribution in [1.82, 2.24) is 0 Å². The molecule has 0 radical (unpaired) electrons. The number of methoxy groups -OCH3 is 2. The Labute approximate surface area is 210 Å². The molecule has 4 heteroatoms. The molecule has 0 saturated heterocycles. The van der Waals surface area contributed by atoms with Crippen molar-refractivity contribution < 1.29 is 9.47 Å². The van der Waals surface area contributed by atoms with Gasteiger partial charge in [-0.3, -0.25) is 0 Å². The van der Waals surface area contributed by atoms with Crippen molar-refractivity contribution in [3.05, 3.63) is 59.7 Å². The van der Waals surface area contributed by atoms with Gasteiger partial charge in [0, 0.05) is 0 Å². The molecule has 2 aromatic rings. The Morgan fingerprint density at radius 1 is 0.588 bits per heavy atom. The molecule has 0 amide bonds. The zero-order valence-corrected chi connectivity index (χ0v) is 23.2. The van der Waals surface area contributed by atoms with Crippen LogP contribution in [0.4, 0.5) is 0 Å². The van der Waals surface area contributed by atoms with Gasteiger partial charge in [0.05, 0.1) is 14.2 Å². The van der Waals surface area contributed by atoms with Crippen LogP contribution in [0.2, 0.25) is 0 Å². The zero-order chi connectivity index (χ0) is 23.6. The van der Waals surface area contributed by atoms with E-state index in [2.05, 4.69) is 48.5 Å². The molecule has 0 heterocycles. The fraction of sp³-hybridized carbons (Fsp3) is 0.600. The van der Waals surface area contributed by atoms with Crippen molar-refractivity contribution in [1.29, 1.82) is 0 Å². The third-order valence-corrected chi connectivity index (χ3v) is 14.5. The molecule has 0 bridgehead atoms. The van der Waals surface area contributed by atoms with E-state index in [1.54, 1.807) is 0 Å². The van der Waals surface area contributed by atoms with E-state index >= 15 is 0 Å². The smallest absolute Gasteiger partial charge is 0.122 e. The number of hydrogen-bond donors (Lipinski definition) is 0. The second-order valence-corrected chi connectivity index (χ2v) is 15.5. The van der Waals surface area contributed by atoms with E-state index in [1.165, 1.54) is 100.0 Å². The summed E-state index contributed by atoms with van der Waals surface area (Å²) in [5, 5.41) is 0. The average Bonchev–Trinajstić information content (AvgIpc) is 2.91. The minimum Gasteiger partial charge on any atom is -0.496 e. The molecule has 0 spiro atoms. The lowest BCUT2D eigenvalue weighted by Crippen LogP contribution is -2.18. The first-order chi connectivity index (χ1) is 16.8. The van der Waals surface area contributed by atoms with Gasteiger partial charge >= 0.3 is 0 Å². The molecule has 186 valence electrons. The number of hydrogen-bond acceptors (Lipinski definition) is 2. The highest BCUT2D eigenvalue weighted by molar-refractivity contribution is 7.61. The van der Waals surface area contributed by atoms with Gasteiger partial charge in [0.2, 0.25) is 0 Å². The molecule has 2 atom stereocenters. The minimum atomic E-state index is -0.0115. The van der Waals surface area contributed by atoms with Gasteiger partial charge in [-0.1, -0.05) is 90.8 Å². The highest BCUT2D eigenvalue weighted by Crippen LogP contribution is 2.57. The lowest BCUT2D eigenvalue weighted by Gasteiger charge is -2.35. The maximum absolute atomic E-state index is 5.76. The molecule has 0 aliphatic heterocycles. The van der Waals surface area contributed by atoms with Crippen molar-refractivity contribution >= 4 is 15.8 Å². The van der Waals surface area contributed by atoms with Crippen molar-refractivity contribution in [2.24, 2.45) is 0 Å². The SMILES string of the molecule is COc1ccccc1CP(CCP(Cc1ccccc1OC)C1CCCCC1)C1CCCCC1. The molecule has 2 aliphatic rings. The zero-order valence-electron chi connectivity index (χ0n) is 21.4. The van der Waals surface area contributed by atoms with Gasteiger partial charge < -0.3 is 9.47 Å². The van der Waals surface area contributed by atoms with Crippen LogP contribution in [0.5, 0.6) is 11.5 Å². The summed E-state index contributed by atoms with van der Waals surface area (Å²) in [6.07, 6.45) is 19.8. The Kier molecular flexibility index (Phi) is 10.6. The number of ether oxygens (including phenoxy) is 2. The summed E-state index contributed by atoms with van der Waals surface area (Å²) in [5.74, 6) is 2.18. The first-order valence-corrected chi connectivity index (χ1v) is 17.1. The van der Waals surface area contributed by atoms with Crippen LogP contribution in [0.25, 0.3) is 0 Å². The Morgan fingerprint density at radius 2 is 0.971 bits per heavy atom. The fourth-order valence-corrected chi connectivity index (χ4v) is 13.2. The van der Waals surface area contributed by atoms with E-state index < -0.39 is 0 Å². The molecular formula is C30H44O2P2. The number of rotatable bonds is 11. The van der Waals surface area contributed by atoms with Gasteiger partial charge in [-0.05, 0) is 84.9 Å². The van der Waals surface area contributed by atoms with Gasteiger partial charge in [0.1, 0.15) is 11.5 Å². The molecule has 2 saturated carbocycles. The van der Waals surface area contributed by atoms with E-state index in [-0.39, 0.29) is 15.8 Å². The molecule has 4 rings (SSSR count). The molecule has 2 nitrogen and oxygen atoms in total. The van der Waals surface area contributed by atoms with Crippen molar-refractivity contribution in [3.8, 4) is 11.5 Å². The topological polar surface area (TPSA) is 18.5 Å². The maximum Gasteiger partial charge on any atom is 0.122 e. The van der Waals surface area contributed by atoms with Crippen LogP contribution in [-0.2, 0) is 12.3 Å². The Balaban J connectivity index is 1.51. The van der Waals surface area contributed by atoms with Crippen LogP contribution in [0.3, 0.4) is 0 Å². The molecule has 0 aromatic heterocycles. The normalized spacial score (nSPS) is 19.5. The summed E-state index contributed by atoms with van der Waals surface area (Å²) in [5.41, 5.74) is 4.77. The van der Waals surface area contributed by atoms with Gasteiger partial charge in [-0.15, -0.1) is 0 Å². The standard InChI is InChI=1S/C30H44O2P2/c1-31-29-19-11-9-13-25(29)23-33(27-15-5-3-6-16-27)21-22-34(28-17-7-4-8-18-28)24-26-14-10-12-20-30(26)32-2/h9-14,19-20,27-28H,3-8,15-18,21-24H2,1-2H3. The minimum absolute atomic E-state index is 0.0115. The lowest BCUT2D eigenvalue weighted by molar-refractivity contribution is 0.411. The monoisotopic (exact) mass is 498 g/mol. The van der Waals surface area contributed by atoms with Gasteiger partial charge in [-0.25, -0.2) is 0 Å². The fourth-order valence-electron chi connectivity index (χ4n) is 6.04. The van der Waals surface area contributed by atoms with Crippen LogP contribution in [-0.4, -0.2) is 37.9 Å². The Morgan fingerprint density at radius 3 is 1.35 bits per heavy atom. The summed E-state index contributed by atoms with van der Waals surface area (Å²) in [4.78, 5) is 0. The first-order valence-electron chi connectivity index (χ1n) is 13.5. The molecular weight excluding hydrogens is 454 g/mol. The van der Waals surface area contributed by atoms with Crippen molar-refractivity contribution in [2.75, 3.05) is 26.5 Å². The predicted octanol–water partition coefficient (Wildman–Crippen LogP) is 9.03. The van der Waals surface area contributed by atoms with Crippen LogP contribution in [0.15, 0.2) is 48.5 Å².